The van der Waals surface area contributed by atoms with E-state index in [9.17, 15) is 4.79 Å². The van der Waals surface area contributed by atoms with Crippen molar-refractivity contribution in [2.45, 2.75) is 25.8 Å². The molecule has 4 N–H and O–H groups in total. The monoisotopic (exact) mass is 241 g/mol. The SMILES string of the molecule is CCSCC[C@](C)(N)C(=O)O.N=[SH-]=O. The van der Waals surface area contributed by atoms with Crippen molar-refractivity contribution in [1.82, 2.24) is 0 Å². The quantitative estimate of drug-likeness (QED) is 0.376. The van der Waals surface area contributed by atoms with Crippen LogP contribution in [-0.2, 0) is 20.5 Å². The van der Waals surface area contributed by atoms with Crippen molar-refractivity contribution in [3.05, 3.63) is 0 Å². The van der Waals surface area contributed by atoms with Gasteiger partial charge in [0.2, 0.25) is 0 Å². The molecule has 0 amide bonds. The van der Waals surface area contributed by atoms with Crippen LogP contribution in [0.3, 0.4) is 0 Å². The number of rotatable bonds is 5. The van der Waals surface area contributed by atoms with Gasteiger partial charge in [0.25, 0.3) is 0 Å². The third kappa shape index (κ3) is 9.82. The zero-order valence-electron chi connectivity index (χ0n) is 8.32. The molecule has 0 aromatic rings. The van der Waals surface area contributed by atoms with Crippen LogP contribution in [0.2, 0.25) is 0 Å². The molecule has 0 saturated carbocycles. The van der Waals surface area contributed by atoms with Crippen molar-refractivity contribution in [3.8, 4) is 0 Å². The third-order valence-electron chi connectivity index (χ3n) is 1.46. The highest BCUT2D eigenvalue weighted by atomic mass is 32.2. The predicted octanol–water partition coefficient (Wildman–Crippen LogP) is 0.841. The summed E-state index contributed by atoms with van der Waals surface area (Å²) in [5.74, 6) is 0.903. The largest absolute Gasteiger partial charge is 0.480 e. The minimum Gasteiger partial charge on any atom is -0.480 e. The standard InChI is InChI=1S/C7H15NO2S.H2NOS/c1-3-11-5-4-7(2,8)6(9)10;1-3-2/h3-5,8H2,1-2H3,(H,9,10);1,3H/q;-1/t7-;/m0./s1. The van der Waals surface area contributed by atoms with E-state index in [1.165, 1.54) is 0 Å². The molecule has 0 aliphatic rings. The number of nitrogens with one attached hydrogen (secondary N) is 1. The van der Waals surface area contributed by atoms with Crippen LogP contribution in [0.15, 0.2) is 0 Å². The average Bonchev–Trinajstić information content (AvgIpc) is 2.05. The summed E-state index contributed by atoms with van der Waals surface area (Å²) in [7, 11) is 0. The Hall–Kier alpha value is -0.270. The van der Waals surface area contributed by atoms with Gasteiger partial charge >= 0.3 is 5.97 Å². The highest BCUT2D eigenvalue weighted by molar-refractivity contribution is 7.99. The van der Waals surface area contributed by atoms with Crippen molar-refractivity contribution in [1.29, 1.82) is 4.78 Å². The maximum atomic E-state index is 10.5. The normalized spacial score (nSPS) is 13.6. The van der Waals surface area contributed by atoms with E-state index in [-0.39, 0.29) is 0 Å². The summed E-state index contributed by atoms with van der Waals surface area (Å²) < 4.78 is 14.2. The Kier molecular flexibility index (Phi) is 10.7. The highest BCUT2D eigenvalue weighted by Crippen LogP contribution is 2.11. The molecule has 0 unspecified atom stereocenters. The molecule has 0 spiro atoms. The molecule has 0 radical (unpaired) electrons. The summed E-state index contributed by atoms with van der Waals surface area (Å²) in [6.45, 7) is 3.59. The maximum absolute atomic E-state index is 10.5. The number of nitrogens with two attached hydrogens (primary N) is 1. The Morgan fingerprint density at radius 1 is 1.71 bits per heavy atom. The second-order valence-electron chi connectivity index (χ2n) is 2.76. The first-order valence-electron chi connectivity index (χ1n) is 4.01. The van der Waals surface area contributed by atoms with Crippen LogP contribution in [0.5, 0.6) is 0 Å². The molecule has 0 aliphatic carbocycles. The van der Waals surface area contributed by atoms with Gasteiger partial charge in [0.15, 0.2) is 0 Å². The summed E-state index contributed by atoms with van der Waals surface area (Å²) in [5.41, 5.74) is 4.43. The molecule has 0 rings (SSSR count). The summed E-state index contributed by atoms with van der Waals surface area (Å²) in [6.07, 6.45) is 0.529. The molecule has 0 aliphatic heterocycles. The van der Waals surface area contributed by atoms with Crippen molar-refractivity contribution >= 4 is 29.2 Å². The fourth-order valence-electron chi connectivity index (χ4n) is 0.535. The zero-order valence-corrected chi connectivity index (χ0v) is 10.0. The molecular weight excluding hydrogens is 224 g/mol. The molecule has 0 bridgehead atoms. The van der Waals surface area contributed by atoms with Crippen LogP contribution in [-0.4, -0.2) is 28.1 Å². The van der Waals surface area contributed by atoms with E-state index < -0.39 is 23.0 Å². The molecule has 1 atom stereocenters. The lowest BCUT2D eigenvalue weighted by molar-refractivity contribution is -0.142. The first kappa shape index (κ1) is 16.2. The van der Waals surface area contributed by atoms with Crippen molar-refractivity contribution in [2.75, 3.05) is 11.5 Å². The number of hydrogen-bond acceptors (Lipinski definition) is 6. The molecule has 14 heavy (non-hydrogen) atoms. The van der Waals surface area contributed by atoms with Crippen LogP contribution in [0.4, 0.5) is 0 Å². The molecule has 0 heterocycles. The second-order valence-corrected chi connectivity index (χ2v) is 4.34. The van der Waals surface area contributed by atoms with Gasteiger partial charge in [-0.25, -0.2) is 11.5 Å². The minimum atomic E-state index is -1.05. The zero-order chi connectivity index (χ0) is 11.6. The smallest absolute Gasteiger partial charge is 0.323 e. The summed E-state index contributed by atoms with van der Waals surface area (Å²) in [4.78, 5) is 10.5. The van der Waals surface area contributed by atoms with Crippen molar-refractivity contribution in [3.63, 3.8) is 0 Å². The summed E-state index contributed by atoms with van der Waals surface area (Å²) in [6, 6.07) is 0. The third-order valence-corrected chi connectivity index (χ3v) is 2.36. The number of carboxylic acids is 1. The van der Waals surface area contributed by atoms with Crippen LogP contribution >= 0.6 is 11.8 Å². The van der Waals surface area contributed by atoms with E-state index in [2.05, 4.69) is 0 Å². The average molecular weight is 241 g/mol. The fraction of sp³-hybridized carbons (Fsp3) is 0.857. The summed E-state index contributed by atoms with van der Waals surface area (Å²) in [5, 5.41) is 8.61. The molecule has 7 heteroatoms. The van der Waals surface area contributed by atoms with E-state index in [4.69, 9.17) is 19.8 Å². The lowest BCUT2D eigenvalue weighted by Gasteiger charge is -2.17. The number of thiol groups is 1. The van der Waals surface area contributed by atoms with Gasteiger partial charge in [0, 0.05) is 0 Å². The Labute approximate surface area is 91.5 Å². The number of carbonyl (C=O) groups is 1. The number of thioether (sulfide) groups is 1. The molecule has 0 aromatic heterocycles. The van der Waals surface area contributed by atoms with Gasteiger partial charge in [-0.3, -0.25) is 4.79 Å². The predicted molar refractivity (Wildman–Crippen MR) is 60.0 cm³/mol. The molecule has 0 aromatic carbocycles. The highest BCUT2D eigenvalue weighted by Gasteiger charge is 2.26. The van der Waals surface area contributed by atoms with E-state index >= 15 is 0 Å². The lowest BCUT2D eigenvalue weighted by Crippen LogP contribution is -2.45. The minimum absolute atomic E-state index is 0.529. The molecule has 0 fully saturated rings. The van der Waals surface area contributed by atoms with Crippen LogP contribution in [0.1, 0.15) is 20.3 Å². The van der Waals surface area contributed by atoms with Crippen LogP contribution < -0.4 is 5.73 Å². The second kappa shape index (κ2) is 9.29. The Morgan fingerprint density at radius 2 is 2.14 bits per heavy atom. The van der Waals surface area contributed by atoms with Gasteiger partial charge in [-0.1, -0.05) is 6.92 Å². The topological polar surface area (TPSA) is 104 Å². The van der Waals surface area contributed by atoms with Gasteiger partial charge in [0.1, 0.15) is 5.54 Å². The lowest BCUT2D eigenvalue weighted by atomic mass is 10.0. The number of hydrogen-bond donors (Lipinski definition) is 3. The molecule has 5 nitrogen and oxygen atoms in total. The first-order valence-corrected chi connectivity index (χ1v) is 5.98. The van der Waals surface area contributed by atoms with Crippen molar-refractivity contribution < 1.29 is 14.1 Å². The Bertz CT molecular complexity index is 203. The van der Waals surface area contributed by atoms with E-state index in [0.29, 0.717) is 6.42 Å². The Balaban J connectivity index is 0. The first-order chi connectivity index (χ1) is 6.42. The number of carboxylic acid groups (broad SMARTS) is 1. The van der Waals surface area contributed by atoms with Gasteiger partial charge in [0.05, 0.1) is 0 Å². The van der Waals surface area contributed by atoms with Gasteiger partial charge in [-0.05, 0) is 24.9 Å². The van der Waals surface area contributed by atoms with Gasteiger partial charge in [-0.15, -0.1) is 0 Å². The van der Waals surface area contributed by atoms with E-state index in [1.54, 1.807) is 18.7 Å². The van der Waals surface area contributed by atoms with Crippen LogP contribution in [0, 0.1) is 4.78 Å². The van der Waals surface area contributed by atoms with E-state index in [0.717, 1.165) is 11.5 Å². The van der Waals surface area contributed by atoms with Gasteiger partial charge < -0.3 is 19.8 Å². The van der Waals surface area contributed by atoms with Crippen LogP contribution in [0.25, 0.3) is 0 Å². The van der Waals surface area contributed by atoms with Gasteiger partial charge in [-0.2, -0.15) is 11.8 Å². The summed E-state index contributed by atoms with van der Waals surface area (Å²) >= 11 is 1.13. The van der Waals surface area contributed by atoms with E-state index in [1.807, 2.05) is 6.92 Å². The molecule has 0 saturated heterocycles. The fourth-order valence-corrected chi connectivity index (χ4v) is 1.39. The maximum Gasteiger partial charge on any atom is 0.323 e. The number of aliphatic carboxylic acids is 1. The molecular formula is C7H17N2O3S2-. The Morgan fingerprint density at radius 3 is 2.43 bits per heavy atom. The molecule has 86 valence electrons. The van der Waals surface area contributed by atoms with Crippen molar-refractivity contribution in [2.24, 2.45) is 5.73 Å².